The van der Waals surface area contributed by atoms with Gasteiger partial charge in [0.2, 0.25) is 12.3 Å². The second kappa shape index (κ2) is 9.08. The van der Waals surface area contributed by atoms with Crippen LogP contribution in [-0.2, 0) is 22.7 Å². The Balaban J connectivity index is 1.68. The molecule has 158 valence electrons. The van der Waals surface area contributed by atoms with Gasteiger partial charge in [0.1, 0.15) is 6.04 Å². The summed E-state index contributed by atoms with van der Waals surface area (Å²) in [4.78, 5) is 37.4. The van der Waals surface area contributed by atoms with E-state index in [9.17, 15) is 14.4 Å². The molecule has 2 aliphatic rings. The van der Waals surface area contributed by atoms with E-state index in [1.165, 1.54) is 25.7 Å². The number of fused-ring (bicyclic) bond motifs is 1. The summed E-state index contributed by atoms with van der Waals surface area (Å²) in [5, 5.41) is 5.93. The van der Waals surface area contributed by atoms with E-state index >= 15 is 0 Å². The summed E-state index contributed by atoms with van der Waals surface area (Å²) in [6.07, 6.45) is 6.58. The summed E-state index contributed by atoms with van der Waals surface area (Å²) in [7, 11) is 0. The zero-order chi connectivity index (χ0) is 21.0. The van der Waals surface area contributed by atoms with Crippen LogP contribution in [0.25, 0.3) is 0 Å². The average molecular weight is 400 g/mol. The number of amides is 3. The minimum Gasteiger partial charge on any atom is -0.322 e. The zero-order valence-electron chi connectivity index (χ0n) is 17.8. The monoisotopic (exact) mass is 399 g/mol. The molecule has 1 heterocycles. The van der Waals surface area contributed by atoms with Gasteiger partial charge >= 0.3 is 0 Å². The lowest BCUT2D eigenvalue weighted by Gasteiger charge is -2.37. The Kier molecular flexibility index (Phi) is 6.73. The SMILES string of the molecule is CCCC(C(=O)NC=O)N1Cc2cc(CNC3(C)CCC(C)CC3)ccc2C1=O. The van der Waals surface area contributed by atoms with Crippen LogP contribution >= 0.6 is 0 Å². The second-order valence-corrected chi connectivity index (χ2v) is 8.95. The molecule has 0 saturated heterocycles. The summed E-state index contributed by atoms with van der Waals surface area (Å²) in [6.45, 7) is 7.78. The molecule has 6 nitrogen and oxygen atoms in total. The molecule has 29 heavy (non-hydrogen) atoms. The first-order valence-corrected chi connectivity index (χ1v) is 10.8. The molecule has 1 aliphatic carbocycles. The fraction of sp³-hybridized carbons (Fsp3) is 0.609. The zero-order valence-corrected chi connectivity index (χ0v) is 17.8. The van der Waals surface area contributed by atoms with Crippen LogP contribution in [-0.4, -0.2) is 34.7 Å². The van der Waals surface area contributed by atoms with Gasteiger partial charge in [0.25, 0.3) is 5.91 Å². The third kappa shape index (κ3) is 4.86. The minimum atomic E-state index is -0.616. The first kappa shape index (κ1) is 21.5. The van der Waals surface area contributed by atoms with Crippen LogP contribution in [0.15, 0.2) is 18.2 Å². The Labute approximate surface area is 173 Å². The smallest absolute Gasteiger partial charge is 0.255 e. The van der Waals surface area contributed by atoms with Gasteiger partial charge in [0.15, 0.2) is 0 Å². The minimum absolute atomic E-state index is 0.132. The summed E-state index contributed by atoms with van der Waals surface area (Å²) in [5.74, 6) is 0.269. The molecule has 0 spiro atoms. The number of nitrogens with one attached hydrogen (secondary N) is 2. The van der Waals surface area contributed by atoms with Crippen LogP contribution in [0.5, 0.6) is 0 Å². The normalized spacial score (nSPS) is 24.9. The van der Waals surface area contributed by atoms with Gasteiger partial charge in [0.05, 0.1) is 0 Å². The molecule has 1 atom stereocenters. The number of carbonyl (C=O) groups excluding carboxylic acids is 3. The summed E-state index contributed by atoms with van der Waals surface area (Å²) < 4.78 is 0. The van der Waals surface area contributed by atoms with Crippen LogP contribution in [0.3, 0.4) is 0 Å². The van der Waals surface area contributed by atoms with Crippen LogP contribution in [0.1, 0.15) is 80.8 Å². The number of hydrogen-bond donors (Lipinski definition) is 2. The van der Waals surface area contributed by atoms with E-state index in [-0.39, 0.29) is 11.4 Å². The van der Waals surface area contributed by atoms with Crippen LogP contribution in [0.4, 0.5) is 0 Å². The largest absolute Gasteiger partial charge is 0.322 e. The lowest BCUT2D eigenvalue weighted by atomic mass is 9.78. The molecule has 1 aromatic rings. The molecule has 0 aromatic heterocycles. The predicted molar refractivity (Wildman–Crippen MR) is 112 cm³/mol. The molecular formula is C23H33N3O3. The van der Waals surface area contributed by atoms with E-state index in [1.807, 2.05) is 19.1 Å². The Bertz CT molecular complexity index is 769. The molecule has 1 unspecified atom stereocenters. The van der Waals surface area contributed by atoms with Gasteiger partial charge in [-0.1, -0.05) is 32.4 Å². The van der Waals surface area contributed by atoms with Crippen molar-refractivity contribution in [2.75, 3.05) is 0 Å². The molecule has 1 fully saturated rings. The van der Waals surface area contributed by atoms with Crippen molar-refractivity contribution in [2.24, 2.45) is 5.92 Å². The Morgan fingerprint density at radius 2 is 2.07 bits per heavy atom. The number of nitrogens with zero attached hydrogens (tertiary/aromatic N) is 1. The second-order valence-electron chi connectivity index (χ2n) is 8.95. The summed E-state index contributed by atoms with van der Waals surface area (Å²) in [6, 6.07) is 5.34. The number of rotatable bonds is 8. The molecule has 3 rings (SSSR count). The van der Waals surface area contributed by atoms with Gasteiger partial charge in [-0.05, 0) is 62.1 Å². The van der Waals surface area contributed by atoms with E-state index in [0.29, 0.717) is 24.9 Å². The Morgan fingerprint density at radius 3 is 2.72 bits per heavy atom. The molecule has 1 aromatic carbocycles. The highest BCUT2D eigenvalue weighted by atomic mass is 16.2. The fourth-order valence-corrected chi connectivity index (χ4v) is 4.51. The van der Waals surface area contributed by atoms with Gasteiger partial charge in [-0.15, -0.1) is 0 Å². The standard InChI is InChI=1S/C23H33N3O3/c1-4-5-20(21(28)24-15-27)26-14-18-12-17(6-7-19(18)22(26)29)13-25-23(3)10-8-16(2)9-11-23/h6-7,12,15-16,20,25H,4-5,8-11,13-14H2,1-3H3,(H,24,27,28). The van der Waals surface area contributed by atoms with Crippen molar-refractivity contribution >= 4 is 18.2 Å². The highest BCUT2D eigenvalue weighted by Crippen LogP contribution is 2.32. The molecule has 3 amide bonds. The van der Waals surface area contributed by atoms with Crippen molar-refractivity contribution in [1.29, 1.82) is 0 Å². The highest BCUT2D eigenvalue weighted by Gasteiger charge is 2.36. The van der Waals surface area contributed by atoms with Crippen molar-refractivity contribution in [3.05, 3.63) is 34.9 Å². The molecule has 0 bridgehead atoms. The van der Waals surface area contributed by atoms with Crippen molar-refractivity contribution in [3.63, 3.8) is 0 Å². The quantitative estimate of drug-likeness (QED) is 0.658. The lowest BCUT2D eigenvalue weighted by molar-refractivity contribution is -0.129. The molecule has 1 saturated carbocycles. The number of carbonyl (C=O) groups is 3. The number of imide groups is 1. The van der Waals surface area contributed by atoms with E-state index in [1.54, 1.807) is 4.90 Å². The topological polar surface area (TPSA) is 78.5 Å². The van der Waals surface area contributed by atoms with E-state index < -0.39 is 11.9 Å². The first-order chi connectivity index (χ1) is 13.9. The first-order valence-electron chi connectivity index (χ1n) is 10.8. The maximum Gasteiger partial charge on any atom is 0.255 e. The van der Waals surface area contributed by atoms with Gasteiger partial charge in [-0.2, -0.15) is 0 Å². The maximum atomic E-state index is 12.9. The fourth-order valence-electron chi connectivity index (χ4n) is 4.51. The van der Waals surface area contributed by atoms with Crippen molar-refractivity contribution in [2.45, 2.75) is 84.0 Å². The molecular weight excluding hydrogens is 366 g/mol. The summed E-state index contributed by atoms with van der Waals surface area (Å²) >= 11 is 0. The third-order valence-corrected chi connectivity index (χ3v) is 6.54. The lowest BCUT2D eigenvalue weighted by Crippen LogP contribution is -2.46. The van der Waals surface area contributed by atoms with Gasteiger partial charge in [-0.25, -0.2) is 0 Å². The maximum absolute atomic E-state index is 12.9. The van der Waals surface area contributed by atoms with Crippen molar-refractivity contribution in [3.8, 4) is 0 Å². The van der Waals surface area contributed by atoms with Gasteiger partial charge < -0.3 is 10.2 Å². The van der Waals surface area contributed by atoms with Crippen LogP contribution in [0.2, 0.25) is 0 Å². The number of benzene rings is 1. The molecule has 0 radical (unpaired) electrons. The molecule has 1 aliphatic heterocycles. The van der Waals surface area contributed by atoms with Crippen LogP contribution < -0.4 is 10.6 Å². The Hall–Kier alpha value is -2.21. The van der Waals surface area contributed by atoms with Crippen LogP contribution in [0, 0.1) is 5.92 Å². The molecule has 6 heteroatoms. The van der Waals surface area contributed by atoms with E-state index in [0.717, 1.165) is 30.0 Å². The molecule has 2 N–H and O–H groups in total. The van der Waals surface area contributed by atoms with Gasteiger partial charge in [-0.3, -0.25) is 19.7 Å². The van der Waals surface area contributed by atoms with E-state index in [4.69, 9.17) is 0 Å². The summed E-state index contributed by atoms with van der Waals surface area (Å²) in [5.41, 5.74) is 2.94. The number of hydrogen-bond acceptors (Lipinski definition) is 4. The highest BCUT2D eigenvalue weighted by molar-refractivity contribution is 6.02. The predicted octanol–water partition coefficient (Wildman–Crippen LogP) is 3.14. The van der Waals surface area contributed by atoms with E-state index in [2.05, 4.69) is 30.5 Å². The third-order valence-electron chi connectivity index (χ3n) is 6.54. The van der Waals surface area contributed by atoms with Gasteiger partial charge in [0, 0.05) is 24.2 Å². The average Bonchev–Trinajstić information content (AvgIpc) is 3.03. The van der Waals surface area contributed by atoms with Crippen molar-refractivity contribution < 1.29 is 14.4 Å². The van der Waals surface area contributed by atoms with Crippen molar-refractivity contribution in [1.82, 2.24) is 15.5 Å². The Morgan fingerprint density at radius 1 is 1.34 bits per heavy atom.